The van der Waals surface area contributed by atoms with E-state index in [4.69, 9.17) is 105 Å². The molecular formula is C70H110O27. The summed E-state index contributed by atoms with van der Waals surface area (Å²) in [5, 5.41) is 33.8. The van der Waals surface area contributed by atoms with Crippen LogP contribution >= 0.6 is 0 Å². The normalized spacial score (nSPS) is 50.6. The van der Waals surface area contributed by atoms with E-state index >= 15 is 0 Å². The van der Waals surface area contributed by atoms with Crippen LogP contribution in [0.5, 0.6) is 0 Å². The molecule has 0 bridgehead atoms. The van der Waals surface area contributed by atoms with Crippen LogP contribution in [0.25, 0.3) is 0 Å². The number of hydrogen-bond acceptors (Lipinski definition) is 27. The van der Waals surface area contributed by atoms with Crippen molar-refractivity contribution in [1.29, 1.82) is 0 Å². The zero-order valence-electron chi connectivity index (χ0n) is 59.2. The van der Waals surface area contributed by atoms with Gasteiger partial charge in [0.1, 0.15) is 49.3 Å². The fourth-order valence-corrected chi connectivity index (χ4v) is 18.9. The van der Waals surface area contributed by atoms with Gasteiger partial charge in [0.05, 0.1) is 92.6 Å². The van der Waals surface area contributed by atoms with E-state index in [1.165, 1.54) is 46.7 Å². The Morgan fingerprint density at radius 1 is 0.649 bits per heavy atom. The molecule has 0 radical (unpaired) electrons. The number of Topliss-reactive ketones (excluding diaryl/α,β-unsaturated/α-hetero) is 1. The molecule has 0 aromatic rings. The Hall–Kier alpha value is -2.50. The highest BCUT2D eigenvalue weighted by molar-refractivity contribution is 5.96. The highest BCUT2D eigenvalue weighted by Gasteiger charge is 2.61. The second-order valence-corrected chi connectivity index (χ2v) is 30.2. The largest absolute Gasteiger partial charge is 0.493 e. The van der Waals surface area contributed by atoms with E-state index in [2.05, 4.69) is 26.8 Å². The minimum Gasteiger partial charge on any atom is -0.493 e. The van der Waals surface area contributed by atoms with E-state index < -0.39 is 165 Å². The monoisotopic (exact) mass is 1380 g/mol. The molecule has 35 atom stereocenters. The van der Waals surface area contributed by atoms with Crippen LogP contribution in [0.2, 0.25) is 0 Å². The number of aliphatic hydroxyl groups is 3. The minimum absolute atomic E-state index is 0.0139. The lowest BCUT2D eigenvalue weighted by Gasteiger charge is -2.58. The summed E-state index contributed by atoms with van der Waals surface area (Å²) in [6.45, 7) is 21.2. The van der Waals surface area contributed by atoms with Crippen LogP contribution in [0.4, 0.5) is 0 Å². The predicted octanol–water partition coefficient (Wildman–Crippen LogP) is 6.24. The molecule has 3 saturated carbocycles. The molecule has 27 heteroatoms. The number of ether oxygens (including phenoxy) is 18. The maximum atomic E-state index is 13.1. The van der Waals surface area contributed by atoms with Crippen molar-refractivity contribution in [2.45, 2.75) is 337 Å². The van der Waals surface area contributed by atoms with Gasteiger partial charge in [-0.05, 0) is 147 Å². The Balaban J connectivity index is 0.578. The Labute approximate surface area is 570 Å². The number of esters is 1. The molecule has 0 amide bonds. The highest BCUT2D eigenvalue weighted by Crippen LogP contribution is 2.67. The molecule has 12 aliphatic rings. The number of fused-ring (bicyclic) bond motifs is 6. The van der Waals surface area contributed by atoms with Crippen molar-refractivity contribution in [2.75, 3.05) is 35.0 Å². The molecular weight excluding hydrogens is 1270 g/mol. The van der Waals surface area contributed by atoms with Gasteiger partial charge in [-0.2, -0.15) is 4.89 Å². The number of rotatable bonds is 19. The number of ketones is 1. The van der Waals surface area contributed by atoms with Crippen LogP contribution in [0.3, 0.4) is 0 Å². The van der Waals surface area contributed by atoms with Gasteiger partial charge in [0.25, 0.3) is 5.78 Å². The van der Waals surface area contributed by atoms with Crippen LogP contribution in [0.15, 0.2) is 23.5 Å². The lowest BCUT2D eigenvalue weighted by atomic mass is 9.47. The van der Waals surface area contributed by atoms with E-state index in [1.807, 2.05) is 20.8 Å². The first-order chi connectivity index (χ1) is 46.2. The third-order valence-corrected chi connectivity index (χ3v) is 24.0. The lowest BCUT2D eigenvalue weighted by molar-refractivity contribution is -0.491. The first-order valence-electron chi connectivity index (χ1n) is 35.7. The minimum atomic E-state index is -1.35. The summed E-state index contributed by atoms with van der Waals surface area (Å²) in [6.07, 6.45) is -6.58. The smallest absolute Gasteiger partial charge is 0.303 e. The van der Waals surface area contributed by atoms with Crippen LogP contribution in [-0.4, -0.2) is 240 Å². The van der Waals surface area contributed by atoms with Gasteiger partial charge in [0, 0.05) is 60.4 Å². The molecule has 10 fully saturated rings. The van der Waals surface area contributed by atoms with Crippen molar-refractivity contribution in [3.63, 3.8) is 0 Å². The summed E-state index contributed by atoms with van der Waals surface area (Å²) < 4.78 is 111. The molecule has 8 heterocycles. The molecule has 552 valence electrons. The molecule has 97 heavy (non-hydrogen) atoms. The summed E-state index contributed by atoms with van der Waals surface area (Å²) in [6, 6.07) is 0. The standard InChI is InChI=1S/C70H110O27/c1-32-24-49(76-12)58(75)66(81-32)89-42-20-22-68(10)41(25-42)16-17-43-45-19-18-44(69(45,11)23-21-46(43)68)33(2)82-54-29-51-62(38(7)85-54)96-97-70(31-80-51)30-52(78-14)63(39(8)93-70)95-94-56-27-48(73)60(36(5)86-56)90-53-26-47(72)59(35(4)83-53)91-55-28-50(77-13)61(37(6)84-55)92-67-65(88-40(9)71)64(79-15)57(74)34(3)87-67/h16,24,32-39,42-48,50-57,59-67,72-74H,17-23,25-31H2,1-15H3/t32-,33?,34-,35-,36-,37-,38-,39-,42+,43+,44-,45+,46+,47-,48+,50+,51-,52-,53+,54-,55+,56+,57+,59-,60-,61-,62-,63-,64+,65-,66?,67+,68+,69-,70+/m1/s1. The van der Waals surface area contributed by atoms with Crippen LogP contribution in [-0.2, 0) is 114 Å². The maximum Gasteiger partial charge on any atom is 0.303 e. The number of aliphatic hydroxyl groups excluding tert-OH is 3. The van der Waals surface area contributed by atoms with E-state index in [1.54, 1.807) is 40.9 Å². The number of methoxy groups -OCH3 is 4. The van der Waals surface area contributed by atoms with E-state index in [0.29, 0.717) is 35.9 Å². The van der Waals surface area contributed by atoms with Gasteiger partial charge in [-0.3, -0.25) is 9.59 Å². The van der Waals surface area contributed by atoms with Gasteiger partial charge < -0.3 is 101 Å². The number of allylic oxidation sites excluding steroid dienone is 1. The van der Waals surface area contributed by atoms with Gasteiger partial charge in [-0.15, -0.1) is 0 Å². The van der Waals surface area contributed by atoms with E-state index in [9.17, 15) is 24.9 Å². The van der Waals surface area contributed by atoms with Crippen molar-refractivity contribution in [3.8, 4) is 0 Å². The molecule has 12 rings (SSSR count). The molecule has 27 nitrogen and oxygen atoms in total. The SMILES string of the molecule is COC1=C[C@@H](C)OC(O[C@H]2CC[C@@]3(C)C(=CC[C@H]4[C@@H]5CC[C@H](C(C)O[C@H]6C[C@H]7OC[C@]8(C[C@@H](OC)[C@H](OO[C@H]9C[C@H](O)[C@H](O[C@H]%10C[C@@H](O)[C@H](O[C@H]%11C[C@H](OC)[C@H](O[C@@H]%12O[C@H](C)[C@H](O)[C@H](OC)[C@H]%12OC(C)=O)[C@@H](C)O%11)[C@@H](C)O%10)[C@@H](C)O9)[C@@H](C)O8)OO[C@@H]7[C@@H](C)O6)[C@@]5(C)CC[C@@H]43)C2)C1=O. The second kappa shape index (κ2) is 30.7. The molecule has 0 aromatic carbocycles. The fraction of sp³-hybridized carbons (Fsp3) is 0.914. The van der Waals surface area contributed by atoms with Gasteiger partial charge in [-0.1, -0.05) is 25.5 Å². The zero-order chi connectivity index (χ0) is 69.2. The van der Waals surface area contributed by atoms with Crippen molar-refractivity contribution in [2.24, 2.45) is 34.5 Å². The molecule has 7 saturated heterocycles. The quantitative estimate of drug-likeness (QED) is 0.0558. The fourth-order valence-electron chi connectivity index (χ4n) is 18.9. The molecule has 1 spiro atoms. The Kier molecular flexibility index (Phi) is 23.5. The first kappa shape index (κ1) is 74.2. The first-order valence-corrected chi connectivity index (χ1v) is 35.7. The average molecular weight is 1380 g/mol. The summed E-state index contributed by atoms with van der Waals surface area (Å²) in [5.74, 6) is 0.261. The summed E-state index contributed by atoms with van der Waals surface area (Å²) in [7, 11) is 6.03. The Morgan fingerprint density at radius 2 is 1.33 bits per heavy atom. The van der Waals surface area contributed by atoms with Crippen LogP contribution in [0.1, 0.15) is 160 Å². The highest BCUT2D eigenvalue weighted by atomic mass is 17.2. The van der Waals surface area contributed by atoms with Crippen molar-refractivity contribution < 1.29 is 130 Å². The number of hydrogen-bond donors (Lipinski definition) is 3. The van der Waals surface area contributed by atoms with E-state index in [0.717, 1.165) is 38.5 Å². The summed E-state index contributed by atoms with van der Waals surface area (Å²) >= 11 is 0. The predicted molar refractivity (Wildman–Crippen MR) is 335 cm³/mol. The lowest BCUT2D eigenvalue weighted by Crippen LogP contribution is -2.62. The van der Waals surface area contributed by atoms with Gasteiger partial charge in [-0.25, -0.2) is 14.7 Å². The van der Waals surface area contributed by atoms with Gasteiger partial charge in [0.2, 0.25) is 12.1 Å². The molecule has 2 unspecified atom stereocenters. The molecule has 4 aliphatic carbocycles. The van der Waals surface area contributed by atoms with Crippen LogP contribution in [0, 0.1) is 34.5 Å². The summed E-state index contributed by atoms with van der Waals surface area (Å²) in [4.78, 5) is 49.5. The molecule has 3 N–H and O–H groups in total. The third-order valence-electron chi connectivity index (χ3n) is 24.0. The topological polar surface area (TPSA) is 298 Å². The Morgan fingerprint density at radius 3 is 2.01 bits per heavy atom. The number of carbonyl (C=O) groups excluding carboxylic acids is 2. The number of carbonyl (C=O) groups is 2. The average Bonchev–Trinajstić information content (AvgIpc) is 1.68. The zero-order valence-corrected chi connectivity index (χ0v) is 59.2. The molecule has 8 aliphatic heterocycles. The van der Waals surface area contributed by atoms with E-state index in [-0.39, 0.29) is 67.2 Å². The van der Waals surface area contributed by atoms with Crippen molar-refractivity contribution in [3.05, 3.63) is 23.5 Å². The Bertz CT molecular complexity index is 2700. The van der Waals surface area contributed by atoms with Gasteiger partial charge >= 0.3 is 5.97 Å². The van der Waals surface area contributed by atoms with Crippen molar-refractivity contribution in [1.82, 2.24) is 0 Å². The second-order valence-electron chi connectivity index (χ2n) is 30.2. The maximum absolute atomic E-state index is 13.1. The van der Waals surface area contributed by atoms with Gasteiger partial charge in [0.15, 0.2) is 43.3 Å². The molecule has 0 aromatic heterocycles. The van der Waals surface area contributed by atoms with Crippen molar-refractivity contribution >= 4 is 11.8 Å². The third kappa shape index (κ3) is 15.3. The summed E-state index contributed by atoms with van der Waals surface area (Å²) in [5.41, 5.74) is 1.71. The van der Waals surface area contributed by atoms with Crippen LogP contribution < -0.4 is 0 Å².